The van der Waals surface area contributed by atoms with Crippen LogP contribution in [0, 0.1) is 0 Å². The molecule has 2 amide bonds. The minimum absolute atomic E-state index is 0.128. The number of nitrogens with zero attached hydrogens (tertiary/aromatic N) is 2. The van der Waals surface area contributed by atoms with E-state index in [-0.39, 0.29) is 11.8 Å². The van der Waals surface area contributed by atoms with Gasteiger partial charge in [-0.15, -0.1) is 0 Å². The van der Waals surface area contributed by atoms with E-state index in [9.17, 15) is 9.59 Å². The van der Waals surface area contributed by atoms with E-state index >= 15 is 0 Å². The van der Waals surface area contributed by atoms with E-state index in [0.717, 1.165) is 45.4 Å². The van der Waals surface area contributed by atoms with Crippen molar-refractivity contribution in [1.82, 2.24) is 15.1 Å². The summed E-state index contributed by atoms with van der Waals surface area (Å²) in [4.78, 5) is 26.9. The van der Waals surface area contributed by atoms with Crippen molar-refractivity contribution in [3.8, 4) is 0 Å². The van der Waals surface area contributed by atoms with Crippen molar-refractivity contribution >= 4 is 11.8 Å². The number of amides is 2. The summed E-state index contributed by atoms with van der Waals surface area (Å²) in [5.74, 6) is 0.262. The Labute approximate surface area is 102 Å². The van der Waals surface area contributed by atoms with Gasteiger partial charge >= 0.3 is 0 Å². The molecule has 0 atom stereocenters. The molecule has 5 heteroatoms. The lowest BCUT2D eigenvalue weighted by atomic mass is 10.3. The molecule has 5 nitrogen and oxygen atoms in total. The number of rotatable bonds is 3. The Morgan fingerprint density at radius 3 is 2.59 bits per heavy atom. The minimum atomic E-state index is 0.128. The van der Waals surface area contributed by atoms with E-state index < -0.39 is 0 Å². The normalized spacial score (nSPS) is 22.1. The topological polar surface area (TPSA) is 52.7 Å². The number of carbonyl (C=O) groups excluding carboxylic acids is 2. The van der Waals surface area contributed by atoms with Crippen molar-refractivity contribution in [2.75, 3.05) is 32.7 Å². The van der Waals surface area contributed by atoms with Gasteiger partial charge in [0, 0.05) is 39.1 Å². The van der Waals surface area contributed by atoms with Crippen molar-refractivity contribution in [3.63, 3.8) is 0 Å². The molecule has 0 spiro atoms. The molecule has 0 bridgehead atoms. The van der Waals surface area contributed by atoms with Crippen molar-refractivity contribution in [1.29, 1.82) is 0 Å². The first-order valence-corrected chi connectivity index (χ1v) is 6.42. The van der Waals surface area contributed by atoms with E-state index in [4.69, 9.17) is 0 Å². The molecule has 1 saturated carbocycles. The van der Waals surface area contributed by atoms with Crippen LogP contribution in [0.1, 0.15) is 26.2 Å². The van der Waals surface area contributed by atoms with E-state index in [0.29, 0.717) is 12.6 Å². The molecule has 1 aliphatic carbocycles. The number of hydrogen-bond acceptors (Lipinski definition) is 3. The maximum atomic E-state index is 11.7. The van der Waals surface area contributed by atoms with Crippen molar-refractivity contribution in [3.05, 3.63) is 0 Å². The summed E-state index contributed by atoms with van der Waals surface area (Å²) in [6.45, 7) is 5.35. The molecular formula is C12H21N3O2. The summed E-state index contributed by atoms with van der Waals surface area (Å²) in [6.07, 6.45) is 3.21. The molecule has 1 saturated heterocycles. The SMILES string of the molecule is CC(=O)N1CCCN(CC(=O)NC2CC2)CC1. The highest BCUT2D eigenvalue weighted by Gasteiger charge is 2.24. The number of nitrogens with one attached hydrogen (secondary N) is 1. The average molecular weight is 239 g/mol. The Morgan fingerprint density at radius 2 is 1.94 bits per heavy atom. The second-order valence-electron chi connectivity index (χ2n) is 4.98. The van der Waals surface area contributed by atoms with Crippen LogP contribution in [0.25, 0.3) is 0 Å². The zero-order valence-corrected chi connectivity index (χ0v) is 10.4. The van der Waals surface area contributed by atoms with Crippen molar-refractivity contribution in [2.24, 2.45) is 0 Å². The molecule has 1 aliphatic heterocycles. The van der Waals surface area contributed by atoms with Crippen LogP contribution in [0.4, 0.5) is 0 Å². The number of hydrogen-bond donors (Lipinski definition) is 1. The van der Waals surface area contributed by atoms with Crippen LogP contribution in [-0.4, -0.2) is 60.4 Å². The molecule has 1 N–H and O–H groups in total. The molecule has 2 fully saturated rings. The Bertz CT molecular complexity index is 302. The standard InChI is InChI=1S/C12H21N3O2/c1-10(16)15-6-2-5-14(7-8-15)9-12(17)13-11-3-4-11/h11H,2-9H2,1H3,(H,13,17). The predicted molar refractivity (Wildman–Crippen MR) is 64.5 cm³/mol. The molecule has 96 valence electrons. The van der Waals surface area contributed by atoms with E-state index in [1.165, 1.54) is 0 Å². The third-order valence-electron chi connectivity index (χ3n) is 3.34. The molecule has 0 aromatic heterocycles. The first-order valence-electron chi connectivity index (χ1n) is 6.42. The zero-order chi connectivity index (χ0) is 12.3. The first kappa shape index (κ1) is 12.4. The van der Waals surface area contributed by atoms with Gasteiger partial charge in [-0.2, -0.15) is 0 Å². The summed E-state index contributed by atoms with van der Waals surface area (Å²) in [7, 11) is 0. The largest absolute Gasteiger partial charge is 0.352 e. The predicted octanol–water partition coefficient (Wildman–Crippen LogP) is -0.181. The Morgan fingerprint density at radius 1 is 1.18 bits per heavy atom. The van der Waals surface area contributed by atoms with Gasteiger partial charge in [0.2, 0.25) is 11.8 Å². The second-order valence-corrected chi connectivity index (χ2v) is 4.98. The highest BCUT2D eigenvalue weighted by atomic mass is 16.2. The first-order chi connectivity index (χ1) is 8.15. The van der Waals surface area contributed by atoms with Crippen molar-refractivity contribution < 1.29 is 9.59 Å². The summed E-state index contributed by atoms with van der Waals surface area (Å²) in [6, 6.07) is 0.434. The average Bonchev–Trinajstić information content (AvgIpc) is 3.05. The molecule has 2 aliphatic rings. The Balaban J connectivity index is 1.73. The van der Waals surface area contributed by atoms with E-state index in [1.807, 2.05) is 4.90 Å². The van der Waals surface area contributed by atoms with Gasteiger partial charge < -0.3 is 10.2 Å². The van der Waals surface area contributed by atoms with Gasteiger partial charge in [-0.3, -0.25) is 14.5 Å². The third-order valence-corrected chi connectivity index (χ3v) is 3.34. The third kappa shape index (κ3) is 4.00. The molecule has 1 heterocycles. The summed E-state index contributed by atoms with van der Waals surface area (Å²) >= 11 is 0. The van der Waals surface area contributed by atoms with Crippen LogP contribution in [0.15, 0.2) is 0 Å². The van der Waals surface area contributed by atoms with Gasteiger partial charge in [-0.05, 0) is 19.3 Å². The fourth-order valence-electron chi connectivity index (χ4n) is 2.15. The van der Waals surface area contributed by atoms with Crippen LogP contribution < -0.4 is 5.32 Å². The van der Waals surface area contributed by atoms with E-state index in [2.05, 4.69) is 10.2 Å². The molecular weight excluding hydrogens is 218 g/mol. The van der Waals surface area contributed by atoms with Crippen LogP contribution in [0.2, 0.25) is 0 Å². The quantitative estimate of drug-likeness (QED) is 0.743. The summed E-state index contributed by atoms with van der Waals surface area (Å²) in [5, 5.41) is 2.99. The monoisotopic (exact) mass is 239 g/mol. The Hall–Kier alpha value is -1.10. The molecule has 2 rings (SSSR count). The summed E-state index contributed by atoms with van der Waals surface area (Å²) in [5.41, 5.74) is 0. The molecule has 0 radical (unpaired) electrons. The van der Waals surface area contributed by atoms with Crippen LogP contribution in [0.5, 0.6) is 0 Å². The van der Waals surface area contributed by atoms with Gasteiger partial charge in [0.25, 0.3) is 0 Å². The molecule has 0 aromatic rings. The highest BCUT2D eigenvalue weighted by molar-refractivity contribution is 5.78. The summed E-state index contributed by atoms with van der Waals surface area (Å²) < 4.78 is 0. The molecule has 17 heavy (non-hydrogen) atoms. The zero-order valence-electron chi connectivity index (χ0n) is 10.4. The fourth-order valence-corrected chi connectivity index (χ4v) is 2.15. The van der Waals surface area contributed by atoms with Crippen LogP contribution in [-0.2, 0) is 9.59 Å². The van der Waals surface area contributed by atoms with Gasteiger partial charge in [0.1, 0.15) is 0 Å². The maximum Gasteiger partial charge on any atom is 0.234 e. The molecule has 0 unspecified atom stereocenters. The van der Waals surface area contributed by atoms with Crippen molar-refractivity contribution in [2.45, 2.75) is 32.2 Å². The lowest BCUT2D eigenvalue weighted by Crippen LogP contribution is -2.40. The van der Waals surface area contributed by atoms with Crippen LogP contribution in [0.3, 0.4) is 0 Å². The smallest absolute Gasteiger partial charge is 0.234 e. The molecule has 0 aromatic carbocycles. The van der Waals surface area contributed by atoms with Gasteiger partial charge in [0.15, 0.2) is 0 Å². The van der Waals surface area contributed by atoms with Gasteiger partial charge in [-0.1, -0.05) is 0 Å². The second kappa shape index (κ2) is 5.49. The van der Waals surface area contributed by atoms with Gasteiger partial charge in [-0.25, -0.2) is 0 Å². The fraction of sp³-hybridized carbons (Fsp3) is 0.833. The van der Waals surface area contributed by atoms with Gasteiger partial charge in [0.05, 0.1) is 6.54 Å². The Kier molecular flexibility index (Phi) is 3.99. The lowest BCUT2D eigenvalue weighted by Gasteiger charge is -2.20. The number of carbonyl (C=O) groups is 2. The van der Waals surface area contributed by atoms with Crippen LogP contribution >= 0.6 is 0 Å². The maximum absolute atomic E-state index is 11.7. The minimum Gasteiger partial charge on any atom is -0.352 e. The highest BCUT2D eigenvalue weighted by Crippen LogP contribution is 2.18. The van der Waals surface area contributed by atoms with E-state index in [1.54, 1.807) is 6.92 Å². The lowest BCUT2D eigenvalue weighted by molar-refractivity contribution is -0.128.